The first-order chi connectivity index (χ1) is 13.0. The fourth-order valence-corrected chi connectivity index (χ4v) is 2.81. The van der Waals surface area contributed by atoms with Gasteiger partial charge in [-0.25, -0.2) is 4.98 Å². The second-order valence-electron chi connectivity index (χ2n) is 5.97. The highest BCUT2D eigenvalue weighted by Crippen LogP contribution is 2.31. The monoisotopic (exact) mass is 426 g/mol. The Balaban J connectivity index is 1.89. The summed E-state index contributed by atoms with van der Waals surface area (Å²) in [5.41, 5.74) is 3.62. The van der Waals surface area contributed by atoms with E-state index in [1.165, 1.54) is 5.56 Å². The molecule has 0 spiro atoms. The van der Waals surface area contributed by atoms with Crippen LogP contribution < -0.4 is 15.4 Å². The van der Waals surface area contributed by atoms with Crippen LogP contribution in [0.4, 0.5) is 11.6 Å². The molecule has 1 heterocycles. The molecule has 138 valence electrons. The number of aryl methyl sites for hydroxylation is 2. The zero-order chi connectivity index (χ0) is 19.4. The second-order valence-corrected chi connectivity index (χ2v) is 6.82. The molecule has 0 fully saturated rings. The Morgan fingerprint density at radius 1 is 1.15 bits per heavy atom. The number of ether oxygens (including phenoxy) is 1. The molecular weight excluding hydrogens is 408 g/mol. The highest BCUT2D eigenvalue weighted by Gasteiger charge is 2.14. The number of aromatic nitrogens is 2. The van der Waals surface area contributed by atoms with Crippen molar-refractivity contribution in [3.63, 3.8) is 0 Å². The van der Waals surface area contributed by atoms with Crippen molar-refractivity contribution in [1.82, 2.24) is 15.3 Å². The predicted octanol–water partition coefficient (Wildman–Crippen LogP) is 4.75. The van der Waals surface area contributed by atoms with E-state index in [1.54, 1.807) is 37.5 Å². The normalized spacial score (nSPS) is 10.4. The van der Waals surface area contributed by atoms with Crippen LogP contribution in [0.2, 0.25) is 0 Å². The van der Waals surface area contributed by atoms with E-state index in [0.717, 1.165) is 11.3 Å². The third kappa shape index (κ3) is 4.43. The number of hydrogen-bond donors (Lipinski definition) is 2. The summed E-state index contributed by atoms with van der Waals surface area (Å²) in [6.45, 7) is 4.06. The van der Waals surface area contributed by atoms with E-state index < -0.39 is 0 Å². The smallest absolute Gasteiger partial charge is 0.254 e. The van der Waals surface area contributed by atoms with E-state index >= 15 is 0 Å². The van der Waals surface area contributed by atoms with Crippen LogP contribution >= 0.6 is 15.9 Å². The highest BCUT2D eigenvalue weighted by molar-refractivity contribution is 9.10. The lowest BCUT2D eigenvalue weighted by Gasteiger charge is -2.13. The molecule has 1 amide bonds. The van der Waals surface area contributed by atoms with Gasteiger partial charge >= 0.3 is 0 Å². The van der Waals surface area contributed by atoms with E-state index in [-0.39, 0.29) is 5.91 Å². The minimum atomic E-state index is -0.232. The standard InChI is InChI=1S/C20H19BrN4O2/c1-12-8-9-16(13(2)10-12)24-20-23-11-15(21)19(25-20)27-17-7-5-4-6-14(17)18(26)22-3/h4-11H,1-3H3,(H,22,26)(H,23,24,25). The lowest BCUT2D eigenvalue weighted by Crippen LogP contribution is -2.18. The first-order valence-electron chi connectivity index (χ1n) is 8.33. The lowest BCUT2D eigenvalue weighted by molar-refractivity contribution is 0.0960. The van der Waals surface area contributed by atoms with E-state index in [9.17, 15) is 4.79 Å². The van der Waals surface area contributed by atoms with Crippen molar-refractivity contribution >= 4 is 33.5 Å². The van der Waals surface area contributed by atoms with Crippen LogP contribution in [0.25, 0.3) is 0 Å². The molecule has 0 saturated carbocycles. The molecule has 0 unspecified atom stereocenters. The van der Waals surface area contributed by atoms with Gasteiger partial charge in [0.1, 0.15) is 5.75 Å². The quantitative estimate of drug-likeness (QED) is 0.615. The number of amides is 1. The summed E-state index contributed by atoms with van der Waals surface area (Å²) in [4.78, 5) is 20.7. The molecule has 0 saturated heterocycles. The Morgan fingerprint density at radius 2 is 1.93 bits per heavy atom. The van der Waals surface area contributed by atoms with E-state index in [2.05, 4.69) is 42.6 Å². The van der Waals surface area contributed by atoms with Crippen LogP contribution in [0.15, 0.2) is 53.1 Å². The van der Waals surface area contributed by atoms with Crippen molar-refractivity contribution < 1.29 is 9.53 Å². The summed E-state index contributed by atoms with van der Waals surface area (Å²) in [5, 5.41) is 5.80. The summed E-state index contributed by atoms with van der Waals surface area (Å²) < 4.78 is 6.48. The minimum absolute atomic E-state index is 0.232. The maximum Gasteiger partial charge on any atom is 0.254 e. The fraction of sp³-hybridized carbons (Fsp3) is 0.150. The van der Waals surface area contributed by atoms with Gasteiger partial charge in [0.25, 0.3) is 5.91 Å². The minimum Gasteiger partial charge on any atom is -0.437 e. The Morgan fingerprint density at radius 3 is 2.67 bits per heavy atom. The van der Waals surface area contributed by atoms with Gasteiger partial charge < -0.3 is 15.4 Å². The van der Waals surface area contributed by atoms with Gasteiger partial charge in [-0.3, -0.25) is 4.79 Å². The van der Waals surface area contributed by atoms with Crippen LogP contribution in [0.3, 0.4) is 0 Å². The molecule has 0 radical (unpaired) electrons. The molecule has 6 nitrogen and oxygen atoms in total. The molecule has 7 heteroatoms. The number of nitrogens with zero attached hydrogens (tertiary/aromatic N) is 2. The Kier molecular flexibility index (Phi) is 5.71. The van der Waals surface area contributed by atoms with Gasteiger partial charge in [-0.2, -0.15) is 4.98 Å². The summed E-state index contributed by atoms with van der Waals surface area (Å²) in [6, 6.07) is 13.1. The fourth-order valence-electron chi connectivity index (χ4n) is 2.54. The highest BCUT2D eigenvalue weighted by atomic mass is 79.9. The zero-order valence-electron chi connectivity index (χ0n) is 15.2. The summed E-state index contributed by atoms with van der Waals surface area (Å²) in [5.74, 6) is 0.893. The Bertz CT molecular complexity index is 991. The molecule has 3 rings (SSSR count). The van der Waals surface area contributed by atoms with Crippen LogP contribution in [0, 0.1) is 13.8 Å². The topological polar surface area (TPSA) is 76.1 Å². The average Bonchev–Trinajstić information content (AvgIpc) is 2.66. The first-order valence-corrected chi connectivity index (χ1v) is 9.13. The van der Waals surface area contributed by atoms with Crippen molar-refractivity contribution in [2.24, 2.45) is 0 Å². The number of benzene rings is 2. The molecule has 1 aromatic heterocycles. The zero-order valence-corrected chi connectivity index (χ0v) is 16.8. The van der Waals surface area contributed by atoms with Crippen molar-refractivity contribution in [2.75, 3.05) is 12.4 Å². The van der Waals surface area contributed by atoms with Gasteiger partial charge in [0, 0.05) is 12.7 Å². The molecule has 2 N–H and O–H groups in total. The van der Waals surface area contributed by atoms with Crippen molar-refractivity contribution in [3.05, 3.63) is 69.8 Å². The molecule has 3 aromatic rings. The molecule has 0 aliphatic heterocycles. The Hall–Kier alpha value is -2.93. The molecular formula is C20H19BrN4O2. The summed E-state index contributed by atoms with van der Waals surface area (Å²) in [7, 11) is 1.58. The third-order valence-corrected chi connectivity index (χ3v) is 4.45. The maximum atomic E-state index is 12.0. The maximum absolute atomic E-state index is 12.0. The molecule has 0 aliphatic carbocycles. The van der Waals surface area contributed by atoms with Crippen LogP contribution in [0.1, 0.15) is 21.5 Å². The van der Waals surface area contributed by atoms with Crippen molar-refractivity contribution in [2.45, 2.75) is 13.8 Å². The van der Waals surface area contributed by atoms with Gasteiger partial charge in [0.05, 0.1) is 16.2 Å². The molecule has 27 heavy (non-hydrogen) atoms. The van der Waals surface area contributed by atoms with Crippen molar-refractivity contribution in [1.29, 1.82) is 0 Å². The largest absolute Gasteiger partial charge is 0.437 e. The number of carbonyl (C=O) groups excluding carboxylic acids is 1. The molecule has 2 aromatic carbocycles. The van der Waals surface area contributed by atoms with E-state index in [0.29, 0.717) is 27.6 Å². The number of para-hydroxylation sites is 1. The molecule has 0 aliphatic rings. The van der Waals surface area contributed by atoms with Gasteiger partial charge in [-0.1, -0.05) is 29.8 Å². The van der Waals surface area contributed by atoms with Gasteiger partial charge in [0.15, 0.2) is 0 Å². The van der Waals surface area contributed by atoms with Crippen LogP contribution in [-0.4, -0.2) is 22.9 Å². The average molecular weight is 427 g/mol. The van der Waals surface area contributed by atoms with Crippen LogP contribution in [-0.2, 0) is 0 Å². The second kappa shape index (κ2) is 8.18. The molecule has 0 atom stereocenters. The van der Waals surface area contributed by atoms with Gasteiger partial charge in [-0.05, 0) is 53.5 Å². The van der Waals surface area contributed by atoms with E-state index in [4.69, 9.17) is 4.74 Å². The number of hydrogen-bond acceptors (Lipinski definition) is 5. The lowest BCUT2D eigenvalue weighted by atomic mass is 10.1. The summed E-state index contributed by atoms with van der Waals surface area (Å²) >= 11 is 3.40. The third-order valence-electron chi connectivity index (χ3n) is 3.91. The van der Waals surface area contributed by atoms with E-state index in [1.807, 2.05) is 26.0 Å². The van der Waals surface area contributed by atoms with Gasteiger partial charge in [0.2, 0.25) is 11.8 Å². The SMILES string of the molecule is CNC(=O)c1ccccc1Oc1nc(Nc2ccc(C)cc2C)ncc1Br. The first kappa shape index (κ1) is 18.8. The number of halogens is 1. The van der Waals surface area contributed by atoms with Crippen molar-refractivity contribution in [3.8, 4) is 11.6 Å². The predicted molar refractivity (Wildman–Crippen MR) is 109 cm³/mol. The Labute approximate surface area is 166 Å². The van der Waals surface area contributed by atoms with Gasteiger partial charge in [-0.15, -0.1) is 0 Å². The number of anilines is 2. The summed E-state index contributed by atoms with van der Waals surface area (Å²) in [6.07, 6.45) is 1.61. The molecule has 0 bridgehead atoms. The van der Waals surface area contributed by atoms with Crippen LogP contribution in [0.5, 0.6) is 11.6 Å². The number of nitrogens with one attached hydrogen (secondary N) is 2. The number of carbonyl (C=O) groups is 1. The number of rotatable bonds is 5.